The second-order valence-corrected chi connectivity index (χ2v) is 7.02. The van der Waals surface area contributed by atoms with Crippen molar-refractivity contribution in [1.29, 1.82) is 0 Å². The zero-order valence-electron chi connectivity index (χ0n) is 15.3. The van der Waals surface area contributed by atoms with Gasteiger partial charge in [0.05, 0.1) is 13.2 Å². The molecule has 2 aromatic carbocycles. The molecule has 26 heavy (non-hydrogen) atoms. The van der Waals surface area contributed by atoms with Gasteiger partial charge in [0, 0.05) is 35.7 Å². The summed E-state index contributed by atoms with van der Waals surface area (Å²) < 4.78 is 5.52. The van der Waals surface area contributed by atoms with Crippen LogP contribution in [0.5, 0.6) is 5.75 Å². The van der Waals surface area contributed by atoms with Gasteiger partial charge in [0.1, 0.15) is 5.75 Å². The highest BCUT2D eigenvalue weighted by atomic mass is 35.5. The van der Waals surface area contributed by atoms with Crippen molar-refractivity contribution in [2.75, 3.05) is 33.0 Å². The van der Waals surface area contributed by atoms with Crippen LogP contribution in [0.25, 0.3) is 0 Å². The highest BCUT2D eigenvalue weighted by Crippen LogP contribution is 2.32. The van der Waals surface area contributed by atoms with E-state index in [0.717, 1.165) is 40.4 Å². The number of benzene rings is 2. The maximum Gasteiger partial charge on any atom is 0.254 e. The largest absolute Gasteiger partial charge is 0.496 e. The number of ether oxygens (including phenoxy) is 1. The number of carbonyl (C=O) groups is 1. The van der Waals surface area contributed by atoms with Gasteiger partial charge in [-0.2, -0.15) is 0 Å². The highest BCUT2D eigenvalue weighted by Gasteiger charge is 2.31. The molecule has 1 fully saturated rings. The predicted octanol–water partition coefficient (Wildman–Crippen LogP) is 3.93. The lowest BCUT2D eigenvalue weighted by Crippen LogP contribution is -2.48. The molecule has 0 spiro atoms. The Morgan fingerprint density at radius 3 is 2.77 bits per heavy atom. The van der Waals surface area contributed by atoms with Crippen molar-refractivity contribution < 1.29 is 9.53 Å². The van der Waals surface area contributed by atoms with Crippen molar-refractivity contribution in [3.63, 3.8) is 0 Å². The number of hydrogen-bond acceptors (Lipinski definition) is 4. The van der Waals surface area contributed by atoms with Crippen LogP contribution in [0.1, 0.15) is 27.5 Å². The van der Waals surface area contributed by atoms with Gasteiger partial charge < -0.3 is 15.0 Å². The molecule has 1 unspecified atom stereocenters. The van der Waals surface area contributed by atoms with Gasteiger partial charge in [0.2, 0.25) is 0 Å². The number of halogens is 1. The van der Waals surface area contributed by atoms with Crippen LogP contribution < -0.4 is 10.1 Å². The summed E-state index contributed by atoms with van der Waals surface area (Å²) in [5.41, 5.74) is 2.85. The lowest BCUT2D eigenvalue weighted by molar-refractivity contribution is 0.0630. The number of nitrogens with one attached hydrogen (secondary N) is 1. The maximum atomic E-state index is 13.3. The zero-order chi connectivity index (χ0) is 17.8. The number of para-hydroxylation sites is 1. The number of aryl methyl sites for hydroxylation is 1. The van der Waals surface area contributed by atoms with Gasteiger partial charge in [-0.15, -0.1) is 24.2 Å². The number of carbonyl (C=O) groups excluding carboxylic acids is 1. The molecule has 0 radical (unpaired) electrons. The second-order valence-electron chi connectivity index (χ2n) is 6.14. The van der Waals surface area contributed by atoms with Crippen molar-refractivity contribution in [2.45, 2.75) is 17.9 Å². The van der Waals surface area contributed by atoms with E-state index in [1.807, 2.05) is 54.5 Å². The quantitative estimate of drug-likeness (QED) is 0.800. The van der Waals surface area contributed by atoms with Crippen LogP contribution in [-0.4, -0.2) is 43.8 Å². The average molecular weight is 393 g/mol. The Labute approximate surface area is 165 Å². The van der Waals surface area contributed by atoms with Gasteiger partial charge in [0.25, 0.3) is 5.91 Å². The number of thioether (sulfide) groups is 1. The van der Waals surface area contributed by atoms with E-state index in [0.29, 0.717) is 6.54 Å². The molecule has 6 heteroatoms. The second kappa shape index (κ2) is 9.31. The highest BCUT2D eigenvalue weighted by molar-refractivity contribution is 7.98. The van der Waals surface area contributed by atoms with E-state index < -0.39 is 0 Å². The fourth-order valence-corrected chi connectivity index (χ4v) is 3.72. The summed E-state index contributed by atoms with van der Waals surface area (Å²) in [6.45, 7) is 4.22. The Morgan fingerprint density at radius 2 is 2.04 bits per heavy atom. The molecule has 140 valence electrons. The minimum atomic E-state index is -0.0327. The van der Waals surface area contributed by atoms with Crippen molar-refractivity contribution in [1.82, 2.24) is 10.2 Å². The lowest BCUT2D eigenvalue weighted by Gasteiger charge is -2.37. The van der Waals surface area contributed by atoms with Crippen molar-refractivity contribution in [3.05, 3.63) is 59.2 Å². The molecule has 1 amide bonds. The molecule has 1 aliphatic rings. The summed E-state index contributed by atoms with van der Waals surface area (Å²) >= 11 is 1.66. The fraction of sp³-hybridized carbons (Fsp3) is 0.350. The molecule has 1 N–H and O–H groups in total. The average Bonchev–Trinajstić information content (AvgIpc) is 2.68. The number of rotatable bonds is 4. The minimum Gasteiger partial charge on any atom is -0.496 e. The van der Waals surface area contributed by atoms with E-state index in [1.54, 1.807) is 18.9 Å². The van der Waals surface area contributed by atoms with Crippen LogP contribution in [-0.2, 0) is 0 Å². The molecule has 1 saturated heterocycles. The van der Waals surface area contributed by atoms with Gasteiger partial charge in [-0.3, -0.25) is 4.79 Å². The van der Waals surface area contributed by atoms with Gasteiger partial charge in [-0.1, -0.05) is 24.3 Å². The molecule has 2 aromatic rings. The molecule has 1 heterocycles. The summed E-state index contributed by atoms with van der Waals surface area (Å²) in [4.78, 5) is 16.4. The molecule has 3 rings (SSSR count). The smallest absolute Gasteiger partial charge is 0.254 e. The summed E-state index contributed by atoms with van der Waals surface area (Å²) in [6, 6.07) is 14.0. The number of methoxy groups -OCH3 is 1. The molecule has 0 aromatic heterocycles. The van der Waals surface area contributed by atoms with E-state index in [-0.39, 0.29) is 24.4 Å². The predicted molar refractivity (Wildman–Crippen MR) is 110 cm³/mol. The van der Waals surface area contributed by atoms with E-state index in [2.05, 4.69) is 11.4 Å². The normalized spacial score (nSPS) is 16.7. The third-order valence-corrected chi connectivity index (χ3v) is 5.40. The minimum absolute atomic E-state index is 0. The van der Waals surface area contributed by atoms with Crippen LogP contribution in [0.4, 0.5) is 0 Å². The van der Waals surface area contributed by atoms with Crippen LogP contribution >= 0.6 is 24.2 Å². The van der Waals surface area contributed by atoms with E-state index >= 15 is 0 Å². The Bertz CT molecular complexity index is 769. The molecule has 0 saturated carbocycles. The molecule has 1 atom stereocenters. The van der Waals surface area contributed by atoms with Crippen molar-refractivity contribution in [2.24, 2.45) is 0 Å². The Morgan fingerprint density at radius 1 is 1.27 bits per heavy atom. The number of hydrogen-bond donors (Lipinski definition) is 1. The van der Waals surface area contributed by atoms with Gasteiger partial charge in [-0.25, -0.2) is 0 Å². The number of amides is 1. The number of piperazine rings is 1. The fourth-order valence-electron chi connectivity index (χ4n) is 3.28. The first-order valence-corrected chi connectivity index (χ1v) is 9.67. The third kappa shape index (κ3) is 4.17. The molecule has 1 aliphatic heterocycles. The molecular weight excluding hydrogens is 368 g/mol. The first kappa shape index (κ1) is 20.6. The van der Waals surface area contributed by atoms with E-state index in [9.17, 15) is 4.79 Å². The monoisotopic (exact) mass is 392 g/mol. The summed E-state index contributed by atoms with van der Waals surface area (Å²) in [5, 5.41) is 3.40. The molecule has 0 aliphatic carbocycles. The summed E-state index contributed by atoms with van der Waals surface area (Å²) in [7, 11) is 1.67. The Kier molecular flexibility index (Phi) is 7.38. The molecule has 0 bridgehead atoms. The lowest BCUT2D eigenvalue weighted by atomic mass is 9.99. The first-order chi connectivity index (χ1) is 12.2. The van der Waals surface area contributed by atoms with Crippen LogP contribution in [0.15, 0.2) is 47.4 Å². The summed E-state index contributed by atoms with van der Waals surface area (Å²) in [6.07, 6.45) is 2.03. The van der Waals surface area contributed by atoms with Crippen molar-refractivity contribution >= 4 is 30.1 Å². The number of nitrogens with zero attached hydrogens (tertiary/aromatic N) is 1. The molecular formula is C20H25ClN2O2S. The van der Waals surface area contributed by atoms with Gasteiger partial charge in [0.15, 0.2) is 0 Å². The third-order valence-electron chi connectivity index (χ3n) is 4.68. The topological polar surface area (TPSA) is 41.6 Å². The Hall–Kier alpha value is -1.69. The Balaban J connectivity index is 0.00000243. The van der Waals surface area contributed by atoms with Crippen LogP contribution in [0.2, 0.25) is 0 Å². The van der Waals surface area contributed by atoms with E-state index in [1.165, 1.54) is 0 Å². The van der Waals surface area contributed by atoms with Crippen LogP contribution in [0.3, 0.4) is 0 Å². The standard InChI is InChI=1S/C20H24N2O2S.ClH/c1-14-8-9-15(25-3)12-17(14)20(23)22-11-10-21-13-18(22)16-6-4-5-7-19(16)24-2;/h4-9,12,18,21H,10-11,13H2,1-3H3;1H. The summed E-state index contributed by atoms with van der Waals surface area (Å²) in [5.74, 6) is 0.911. The zero-order valence-corrected chi connectivity index (χ0v) is 17.0. The SMILES string of the molecule is COc1ccccc1C1CNCCN1C(=O)c1cc(SC)ccc1C.Cl. The van der Waals surface area contributed by atoms with Crippen molar-refractivity contribution in [3.8, 4) is 5.75 Å². The van der Waals surface area contributed by atoms with Gasteiger partial charge >= 0.3 is 0 Å². The first-order valence-electron chi connectivity index (χ1n) is 8.45. The maximum absolute atomic E-state index is 13.3. The van der Waals surface area contributed by atoms with Gasteiger partial charge in [-0.05, 0) is 36.9 Å². The van der Waals surface area contributed by atoms with E-state index in [4.69, 9.17) is 4.74 Å². The van der Waals surface area contributed by atoms with Crippen LogP contribution in [0, 0.1) is 6.92 Å². The molecule has 4 nitrogen and oxygen atoms in total.